The smallest absolute Gasteiger partial charge is 0.312 e. The van der Waals surface area contributed by atoms with E-state index in [-0.39, 0.29) is 42.6 Å². The van der Waals surface area contributed by atoms with Crippen molar-refractivity contribution in [3.05, 3.63) is 12.2 Å². The van der Waals surface area contributed by atoms with Gasteiger partial charge in [0.25, 0.3) is 0 Å². The minimum Gasteiger partial charge on any atom is -0.438 e. The fourth-order valence-corrected chi connectivity index (χ4v) is 3.00. The summed E-state index contributed by atoms with van der Waals surface area (Å²) >= 11 is 0. The molecular weight excluding hydrogens is 248 g/mol. The molecule has 2 fully saturated rings. The molecule has 0 aromatic carbocycles. The maximum Gasteiger partial charge on any atom is 0.312 e. The quantitative estimate of drug-likeness (QED) is 0.437. The van der Waals surface area contributed by atoms with Gasteiger partial charge in [-0.25, -0.2) is 0 Å². The zero-order valence-electron chi connectivity index (χ0n) is 10.7. The van der Waals surface area contributed by atoms with Crippen LogP contribution in [0.4, 0.5) is 0 Å². The van der Waals surface area contributed by atoms with E-state index < -0.39 is 0 Å². The third kappa shape index (κ3) is 2.58. The number of carbonyl (C=O) groups excluding carboxylic acids is 2. The summed E-state index contributed by atoms with van der Waals surface area (Å²) in [5, 5.41) is 0. The lowest BCUT2D eigenvalue weighted by molar-refractivity contribution is -0.212. The third-order valence-electron chi connectivity index (χ3n) is 4.08. The van der Waals surface area contributed by atoms with Crippen molar-refractivity contribution in [3.8, 4) is 0 Å². The molecule has 2 aliphatic carbocycles. The summed E-state index contributed by atoms with van der Waals surface area (Å²) in [6.07, 6.45) is 7.01. The lowest BCUT2D eigenvalue weighted by Gasteiger charge is -2.23. The lowest BCUT2D eigenvalue weighted by atomic mass is 9.94. The average molecular weight is 266 g/mol. The highest BCUT2D eigenvalue weighted by Gasteiger charge is 2.47. The number of Topliss-reactive ketones (excluding diaryl/α,β-unsaturated/α-hetero) is 1. The molecule has 1 heterocycles. The Balaban J connectivity index is 1.42. The molecule has 5 nitrogen and oxygen atoms in total. The van der Waals surface area contributed by atoms with Crippen LogP contribution in [-0.2, 0) is 23.8 Å². The molecule has 4 unspecified atom stereocenters. The predicted molar refractivity (Wildman–Crippen MR) is 64.9 cm³/mol. The molecule has 1 aliphatic heterocycles. The van der Waals surface area contributed by atoms with E-state index in [1.54, 1.807) is 0 Å². The lowest BCUT2D eigenvalue weighted by Crippen LogP contribution is -2.27. The summed E-state index contributed by atoms with van der Waals surface area (Å²) in [7, 11) is 0. The van der Waals surface area contributed by atoms with Crippen molar-refractivity contribution in [1.29, 1.82) is 0 Å². The van der Waals surface area contributed by atoms with Gasteiger partial charge in [0, 0.05) is 18.4 Å². The number of ketones is 1. The van der Waals surface area contributed by atoms with E-state index in [1.807, 2.05) is 12.2 Å². The molecule has 1 saturated carbocycles. The molecule has 0 N–H and O–H groups in total. The monoisotopic (exact) mass is 266 g/mol. The van der Waals surface area contributed by atoms with E-state index in [1.165, 1.54) is 0 Å². The number of hydrogen-bond donors (Lipinski definition) is 0. The maximum absolute atomic E-state index is 11.9. The Morgan fingerprint density at radius 1 is 1.37 bits per heavy atom. The van der Waals surface area contributed by atoms with Crippen molar-refractivity contribution in [2.24, 2.45) is 17.8 Å². The second kappa shape index (κ2) is 5.43. The largest absolute Gasteiger partial charge is 0.438 e. The van der Waals surface area contributed by atoms with Gasteiger partial charge in [-0.3, -0.25) is 9.59 Å². The van der Waals surface area contributed by atoms with E-state index >= 15 is 0 Å². The van der Waals surface area contributed by atoms with Gasteiger partial charge in [-0.15, -0.1) is 0 Å². The van der Waals surface area contributed by atoms with Crippen LogP contribution in [0.25, 0.3) is 0 Å². The minimum absolute atomic E-state index is 0.0786. The number of ether oxygens (including phenoxy) is 3. The fourth-order valence-electron chi connectivity index (χ4n) is 3.00. The number of hydrogen-bond acceptors (Lipinski definition) is 5. The maximum atomic E-state index is 11.9. The summed E-state index contributed by atoms with van der Waals surface area (Å²) in [6, 6.07) is 0. The summed E-state index contributed by atoms with van der Waals surface area (Å²) < 4.78 is 15.8. The first-order chi connectivity index (χ1) is 9.25. The Hall–Kier alpha value is -1.20. The van der Waals surface area contributed by atoms with E-state index in [4.69, 9.17) is 14.2 Å². The SMILES string of the molecule is O=C1C2C=CC1C(C(=O)OCOC1CCCCO1)C2. The molecule has 0 amide bonds. The van der Waals surface area contributed by atoms with Crippen LogP contribution in [-0.4, -0.2) is 31.4 Å². The van der Waals surface area contributed by atoms with Gasteiger partial charge < -0.3 is 14.2 Å². The zero-order chi connectivity index (χ0) is 13.2. The number of rotatable bonds is 4. The molecule has 19 heavy (non-hydrogen) atoms. The van der Waals surface area contributed by atoms with Crippen LogP contribution < -0.4 is 0 Å². The van der Waals surface area contributed by atoms with Crippen molar-refractivity contribution in [1.82, 2.24) is 0 Å². The van der Waals surface area contributed by atoms with Crippen molar-refractivity contribution >= 4 is 11.8 Å². The number of esters is 1. The number of carbonyl (C=O) groups is 2. The second-order valence-electron chi connectivity index (χ2n) is 5.31. The van der Waals surface area contributed by atoms with Crippen LogP contribution in [0.3, 0.4) is 0 Å². The third-order valence-corrected chi connectivity index (χ3v) is 4.08. The summed E-state index contributed by atoms with van der Waals surface area (Å²) in [6.45, 7) is 0.611. The van der Waals surface area contributed by atoms with E-state index in [0.29, 0.717) is 13.0 Å². The Kier molecular flexibility index (Phi) is 3.66. The molecule has 3 rings (SSSR count). The molecule has 4 atom stereocenters. The fraction of sp³-hybridized carbons (Fsp3) is 0.714. The second-order valence-corrected chi connectivity index (χ2v) is 5.31. The highest BCUT2D eigenvalue weighted by atomic mass is 16.8. The van der Waals surface area contributed by atoms with Crippen molar-refractivity contribution in [2.45, 2.75) is 32.0 Å². The Morgan fingerprint density at radius 2 is 2.26 bits per heavy atom. The minimum atomic E-state index is -0.332. The van der Waals surface area contributed by atoms with Crippen LogP contribution in [0.2, 0.25) is 0 Å². The summed E-state index contributed by atoms with van der Waals surface area (Å²) in [5.41, 5.74) is 0. The molecule has 0 aromatic heterocycles. The van der Waals surface area contributed by atoms with E-state index in [9.17, 15) is 9.59 Å². The molecular formula is C14H18O5. The number of allylic oxidation sites excluding steroid dienone is 2. The molecule has 0 aromatic rings. The van der Waals surface area contributed by atoms with Gasteiger partial charge in [0.15, 0.2) is 13.1 Å². The van der Waals surface area contributed by atoms with E-state index in [0.717, 1.165) is 19.3 Å². The molecule has 1 saturated heterocycles. The van der Waals surface area contributed by atoms with Crippen LogP contribution in [0.5, 0.6) is 0 Å². The Labute approximate surface area is 111 Å². The van der Waals surface area contributed by atoms with Gasteiger partial charge in [0.1, 0.15) is 5.78 Å². The summed E-state index contributed by atoms with van der Waals surface area (Å²) in [4.78, 5) is 23.6. The first kappa shape index (κ1) is 12.8. The van der Waals surface area contributed by atoms with Crippen LogP contribution >= 0.6 is 0 Å². The zero-order valence-corrected chi connectivity index (χ0v) is 10.7. The highest BCUT2D eigenvalue weighted by molar-refractivity contribution is 5.96. The Bertz CT molecular complexity index is 397. The summed E-state index contributed by atoms with van der Waals surface area (Å²) in [5.74, 6) is -0.855. The molecule has 2 bridgehead atoms. The van der Waals surface area contributed by atoms with Gasteiger partial charge in [-0.2, -0.15) is 0 Å². The van der Waals surface area contributed by atoms with Crippen molar-refractivity contribution < 1.29 is 23.8 Å². The van der Waals surface area contributed by atoms with Crippen LogP contribution in [0, 0.1) is 17.8 Å². The first-order valence-corrected chi connectivity index (χ1v) is 6.87. The molecule has 5 heteroatoms. The molecule has 0 spiro atoms. The van der Waals surface area contributed by atoms with Crippen LogP contribution in [0.1, 0.15) is 25.7 Å². The standard InChI is InChI=1S/C14H18O5/c15-13-9-4-5-10(13)11(7-9)14(16)19-8-18-12-3-1-2-6-17-12/h4-5,9-12H,1-3,6-8H2. The van der Waals surface area contributed by atoms with Gasteiger partial charge in [-0.1, -0.05) is 12.2 Å². The average Bonchev–Trinajstić information content (AvgIpc) is 2.95. The van der Waals surface area contributed by atoms with Gasteiger partial charge in [0.2, 0.25) is 0 Å². The van der Waals surface area contributed by atoms with Crippen LogP contribution in [0.15, 0.2) is 12.2 Å². The number of fused-ring (bicyclic) bond motifs is 2. The topological polar surface area (TPSA) is 61.8 Å². The van der Waals surface area contributed by atoms with Gasteiger partial charge in [0.05, 0.1) is 5.92 Å². The molecule has 3 aliphatic rings. The predicted octanol–water partition coefficient (Wildman–Crippen LogP) is 1.42. The molecule has 0 radical (unpaired) electrons. The normalized spacial score (nSPS) is 36.7. The first-order valence-electron chi connectivity index (χ1n) is 6.87. The highest BCUT2D eigenvalue weighted by Crippen LogP contribution is 2.41. The van der Waals surface area contributed by atoms with E-state index in [2.05, 4.69) is 0 Å². The van der Waals surface area contributed by atoms with Crippen molar-refractivity contribution in [3.63, 3.8) is 0 Å². The van der Waals surface area contributed by atoms with Gasteiger partial charge in [-0.05, 0) is 25.7 Å². The van der Waals surface area contributed by atoms with Crippen molar-refractivity contribution in [2.75, 3.05) is 13.4 Å². The molecule has 104 valence electrons. The van der Waals surface area contributed by atoms with Gasteiger partial charge >= 0.3 is 5.97 Å². The Morgan fingerprint density at radius 3 is 2.89 bits per heavy atom.